The summed E-state index contributed by atoms with van der Waals surface area (Å²) in [5.41, 5.74) is 0.351. The monoisotopic (exact) mass is 343 g/mol. The Morgan fingerprint density at radius 3 is 2.70 bits per heavy atom. The van der Waals surface area contributed by atoms with E-state index in [1.165, 1.54) is 18.2 Å². The second-order valence-electron chi connectivity index (χ2n) is 5.04. The number of carbonyl (C=O) groups is 2. The first-order valence-electron chi connectivity index (χ1n) is 6.39. The van der Waals surface area contributed by atoms with Gasteiger partial charge in [0.25, 0.3) is 5.91 Å². The third-order valence-corrected chi connectivity index (χ3v) is 4.31. The predicted molar refractivity (Wildman–Crippen MR) is 75.0 cm³/mol. The molecular formula is C14H15BrFNO3. The molecule has 0 aromatic heterocycles. The smallest absolute Gasteiger partial charge is 0.308 e. The van der Waals surface area contributed by atoms with Gasteiger partial charge in [0.1, 0.15) is 5.82 Å². The zero-order valence-corrected chi connectivity index (χ0v) is 12.6. The summed E-state index contributed by atoms with van der Waals surface area (Å²) in [5.74, 6) is -2.11. The average Bonchev–Trinajstić information content (AvgIpc) is 2.38. The minimum absolute atomic E-state index is 0.0185. The van der Waals surface area contributed by atoms with Crippen LogP contribution in [0.15, 0.2) is 22.7 Å². The molecule has 108 valence electrons. The molecule has 1 amide bonds. The number of amides is 1. The molecule has 20 heavy (non-hydrogen) atoms. The molecule has 2 rings (SSSR count). The molecule has 1 saturated heterocycles. The average molecular weight is 344 g/mol. The summed E-state index contributed by atoms with van der Waals surface area (Å²) < 4.78 is 13.4. The molecule has 0 spiro atoms. The Morgan fingerprint density at radius 1 is 1.40 bits per heavy atom. The fourth-order valence-electron chi connectivity index (χ4n) is 2.41. The lowest BCUT2D eigenvalue weighted by Crippen LogP contribution is -2.47. The molecule has 1 aliphatic rings. The molecule has 0 bridgehead atoms. The molecule has 0 aliphatic carbocycles. The minimum atomic E-state index is -0.882. The Kier molecular flexibility index (Phi) is 4.42. The number of hydrogen-bond acceptors (Lipinski definition) is 2. The van der Waals surface area contributed by atoms with Crippen molar-refractivity contribution in [2.45, 2.75) is 25.8 Å². The van der Waals surface area contributed by atoms with Crippen molar-refractivity contribution in [3.63, 3.8) is 0 Å². The maximum atomic E-state index is 13.1. The maximum absolute atomic E-state index is 13.1. The summed E-state index contributed by atoms with van der Waals surface area (Å²) >= 11 is 3.17. The first-order valence-corrected chi connectivity index (χ1v) is 7.18. The number of likely N-dealkylation sites (tertiary alicyclic amines) is 1. The van der Waals surface area contributed by atoms with Crippen LogP contribution in [0.1, 0.15) is 30.1 Å². The third kappa shape index (κ3) is 3.00. The van der Waals surface area contributed by atoms with Gasteiger partial charge in [-0.05, 0) is 53.9 Å². The van der Waals surface area contributed by atoms with Crippen LogP contribution in [0.4, 0.5) is 4.39 Å². The van der Waals surface area contributed by atoms with Crippen LogP contribution in [0.25, 0.3) is 0 Å². The lowest BCUT2D eigenvalue weighted by atomic mass is 9.93. The van der Waals surface area contributed by atoms with Crippen LogP contribution >= 0.6 is 15.9 Å². The van der Waals surface area contributed by atoms with Gasteiger partial charge >= 0.3 is 5.97 Å². The van der Waals surface area contributed by atoms with Gasteiger partial charge < -0.3 is 10.0 Å². The highest BCUT2D eigenvalue weighted by atomic mass is 79.9. The molecule has 2 unspecified atom stereocenters. The molecule has 1 aliphatic heterocycles. The molecule has 4 nitrogen and oxygen atoms in total. The standard InChI is InChI=1S/C14H15BrFNO3/c1-8-2-3-9(14(19)20)7-17(8)13(18)11-5-4-10(16)6-12(11)15/h4-6,8-9H,2-3,7H2,1H3,(H,19,20). The van der Waals surface area contributed by atoms with Gasteiger partial charge in [-0.2, -0.15) is 0 Å². The van der Waals surface area contributed by atoms with Crippen molar-refractivity contribution < 1.29 is 19.1 Å². The van der Waals surface area contributed by atoms with Crippen LogP contribution in [-0.4, -0.2) is 34.5 Å². The summed E-state index contributed by atoms with van der Waals surface area (Å²) in [5, 5.41) is 9.09. The Bertz CT molecular complexity index is 549. The Labute approximate surface area is 124 Å². The molecule has 1 heterocycles. The summed E-state index contributed by atoms with van der Waals surface area (Å²) in [6, 6.07) is 3.85. The van der Waals surface area contributed by atoms with Gasteiger partial charge in [0.15, 0.2) is 0 Å². The number of carboxylic acid groups (broad SMARTS) is 1. The molecular weight excluding hydrogens is 329 g/mol. The second kappa shape index (κ2) is 5.91. The normalized spacial score (nSPS) is 22.6. The number of hydrogen-bond donors (Lipinski definition) is 1. The van der Waals surface area contributed by atoms with Crippen molar-refractivity contribution >= 4 is 27.8 Å². The zero-order valence-electron chi connectivity index (χ0n) is 11.0. The Morgan fingerprint density at radius 2 is 2.10 bits per heavy atom. The van der Waals surface area contributed by atoms with Gasteiger partial charge in [0.05, 0.1) is 11.5 Å². The highest BCUT2D eigenvalue weighted by Gasteiger charge is 2.33. The van der Waals surface area contributed by atoms with E-state index >= 15 is 0 Å². The topological polar surface area (TPSA) is 57.6 Å². The highest BCUT2D eigenvalue weighted by molar-refractivity contribution is 9.10. The van der Waals surface area contributed by atoms with Crippen LogP contribution in [0.2, 0.25) is 0 Å². The number of halogens is 2. The summed E-state index contributed by atoms with van der Waals surface area (Å²) in [7, 11) is 0. The molecule has 0 radical (unpaired) electrons. The summed E-state index contributed by atoms with van der Waals surface area (Å²) in [6.07, 6.45) is 1.23. The Balaban J connectivity index is 2.24. The van der Waals surface area contributed by atoms with E-state index in [1.54, 1.807) is 4.90 Å². The molecule has 1 fully saturated rings. The van der Waals surface area contributed by atoms with Crippen LogP contribution in [-0.2, 0) is 4.79 Å². The van der Waals surface area contributed by atoms with E-state index in [9.17, 15) is 14.0 Å². The second-order valence-corrected chi connectivity index (χ2v) is 5.90. The first-order chi connectivity index (χ1) is 9.40. The van der Waals surface area contributed by atoms with E-state index in [0.717, 1.165) is 0 Å². The van der Waals surface area contributed by atoms with Gasteiger partial charge in [0, 0.05) is 17.1 Å². The molecule has 2 atom stereocenters. The number of nitrogens with zero attached hydrogens (tertiary/aromatic N) is 1. The SMILES string of the molecule is CC1CCC(C(=O)O)CN1C(=O)c1ccc(F)cc1Br. The maximum Gasteiger partial charge on any atom is 0.308 e. The predicted octanol–water partition coefficient (Wildman–Crippen LogP) is 2.91. The molecule has 1 aromatic carbocycles. The molecule has 1 aromatic rings. The first kappa shape index (κ1) is 15.0. The van der Waals surface area contributed by atoms with Crippen molar-refractivity contribution in [1.82, 2.24) is 4.90 Å². The van der Waals surface area contributed by atoms with Crippen molar-refractivity contribution in [3.8, 4) is 0 Å². The van der Waals surface area contributed by atoms with Crippen LogP contribution in [0, 0.1) is 11.7 Å². The summed E-state index contributed by atoms with van der Waals surface area (Å²) in [4.78, 5) is 25.1. The van der Waals surface area contributed by atoms with E-state index < -0.39 is 17.7 Å². The van der Waals surface area contributed by atoms with Crippen molar-refractivity contribution in [1.29, 1.82) is 0 Å². The fraction of sp³-hybridized carbons (Fsp3) is 0.429. The minimum Gasteiger partial charge on any atom is -0.481 e. The molecule has 6 heteroatoms. The number of rotatable bonds is 2. The van der Waals surface area contributed by atoms with Crippen molar-refractivity contribution in [2.24, 2.45) is 5.92 Å². The van der Waals surface area contributed by atoms with Crippen LogP contribution in [0.3, 0.4) is 0 Å². The van der Waals surface area contributed by atoms with Crippen LogP contribution < -0.4 is 0 Å². The third-order valence-electron chi connectivity index (χ3n) is 3.65. The largest absolute Gasteiger partial charge is 0.481 e. The van der Waals surface area contributed by atoms with Crippen molar-refractivity contribution in [3.05, 3.63) is 34.1 Å². The van der Waals surface area contributed by atoms with Crippen LogP contribution in [0.5, 0.6) is 0 Å². The van der Waals surface area contributed by atoms with E-state index in [1.807, 2.05) is 6.92 Å². The van der Waals surface area contributed by atoms with E-state index in [2.05, 4.69) is 15.9 Å². The fourth-order valence-corrected chi connectivity index (χ4v) is 2.93. The lowest BCUT2D eigenvalue weighted by Gasteiger charge is -2.36. The van der Waals surface area contributed by atoms with Gasteiger partial charge in [-0.1, -0.05) is 0 Å². The molecule has 0 saturated carbocycles. The van der Waals surface area contributed by atoms with Gasteiger partial charge in [0.2, 0.25) is 0 Å². The number of benzene rings is 1. The van der Waals surface area contributed by atoms with Gasteiger partial charge in [-0.3, -0.25) is 9.59 Å². The van der Waals surface area contributed by atoms with E-state index in [0.29, 0.717) is 22.9 Å². The van der Waals surface area contributed by atoms with Crippen molar-refractivity contribution in [2.75, 3.05) is 6.54 Å². The van der Waals surface area contributed by atoms with Gasteiger partial charge in [-0.15, -0.1) is 0 Å². The number of carbonyl (C=O) groups excluding carboxylic acids is 1. The number of aliphatic carboxylic acids is 1. The number of carboxylic acids is 1. The summed E-state index contributed by atoms with van der Waals surface area (Å²) in [6.45, 7) is 2.09. The van der Waals surface area contributed by atoms with Gasteiger partial charge in [-0.25, -0.2) is 4.39 Å². The lowest BCUT2D eigenvalue weighted by molar-refractivity contribution is -0.143. The number of piperidine rings is 1. The molecule has 1 N–H and O–H groups in total. The highest BCUT2D eigenvalue weighted by Crippen LogP contribution is 2.26. The van der Waals surface area contributed by atoms with E-state index in [4.69, 9.17) is 5.11 Å². The quantitative estimate of drug-likeness (QED) is 0.898. The Hall–Kier alpha value is -1.43. The zero-order chi connectivity index (χ0) is 14.9. The van der Waals surface area contributed by atoms with E-state index in [-0.39, 0.29) is 18.5 Å².